The first-order valence-electron chi connectivity index (χ1n) is 9.53. The first kappa shape index (κ1) is 18.6. The van der Waals surface area contributed by atoms with Gasteiger partial charge in [-0.2, -0.15) is 9.61 Å². The number of nitrogens with one attached hydrogen (secondary N) is 4. The van der Waals surface area contributed by atoms with Gasteiger partial charge in [0.25, 0.3) is 5.91 Å². The van der Waals surface area contributed by atoms with E-state index in [1.165, 1.54) is 0 Å². The van der Waals surface area contributed by atoms with Crippen molar-refractivity contribution in [1.82, 2.24) is 25.2 Å². The third kappa shape index (κ3) is 3.73. The summed E-state index contributed by atoms with van der Waals surface area (Å²) in [5.41, 5.74) is 2.49. The Morgan fingerprint density at radius 3 is 2.80 bits per heavy atom. The van der Waals surface area contributed by atoms with Crippen LogP contribution in [0.15, 0.2) is 46.7 Å². The number of aromatic nitrogens is 3. The lowest BCUT2D eigenvalue weighted by atomic mass is 10.2. The van der Waals surface area contributed by atoms with Gasteiger partial charge in [0.15, 0.2) is 5.65 Å². The van der Waals surface area contributed by atoms with E-state index in [0.29, 0.717) is 29.6 Å². The number of benzene rings is 1. The normalized spacial score (nSPS) is 17.3. The van der Waals surface area contributed by atoms with E-state index in [4.69, 9.17) is 4.98 Å². The van der Waals surface area contributed by atoms with Crippen molar-refractivity contribution in [1.29, 1.82) is 0 Å². The molecule has 0 spiro atoms. The summed E-state index contributed by atoms with van der Waals surface area (Å²) in [5.74, 6) is 1.03. The van der Waals surface area contributed by atoms with E-state index >= 15 is 0 Å². The van der Waals surface area contributed by atoms with E-state index in [1.807, 2.05) is 30.3 Å². The maximum absolute atomic E-state index is 11.9. The SMILES string of the molecule is O=C1NC(=O)/C(=C\c2cnn3c(NC4CC4)cc(NCc4ccccc4Br)nc23)N1. The van der Waals surface area contributed by atoms with Crippen molar-refractivity contribution in [3.63, 3.8) is 0 Å². The molecule has 0 radical (unpaired) electrons. The Morgan fingerprint density at radius 2 is 2.07 bits per heavy atom. The van der Waals surface area contributed by atoms with Gasteiger partial charge in [-0.1, -0.05) is 34.1 Å². The number of nitrogens with zero attached hydrogens (tertiary/aromatic N) is 3. The molecule has 1 aliphatic carbocycles. The molecular weight excluding hydrogens is 450 g/mol. The smallest absolute Gasteiger partial charge is 0.326 e. The highest BCUT2D eigenvalue weighted by Gasteiger charge is 2.25. The van der Waals surface area contributed by atoms with Crippen molar-refractivity contribution in [3.8, 4) is 0 Å². The van der Waals surface area contributed by atoms with Crippen LogP contribution < -0.4 is 21.3 Å². The molecule has 0 atom stereocenters. The van der Waals surface area contributed by atoms with Crippen LogP contribution in [0.3, 0.4) is 0 Å². The van der Waals surface area contributed by atoms with E-state index in [1.54, 1.807) is 16.8 Å². The highest BCUT2D eigenvalue weighted by Crippen LogP contribution is 2.28. The minimum absolute atomic E-state index is 0.167. The third-order valence-electron chi connectivity index (χ3n) is 4.87. The largest absolute Gasteiger partial charge is 0.367 e. The molecule has 1 aliphatic heterocycles. The fraction of sp³-hybridized carbons (Fsp3) is 0.200. The Kier molecular flexibility index (Phi) is 4.62. The summed E-state index contributed by atoms with van der Waals surface area (Å²) in [6.45, 7) is 0.594. The molecule has 152 valence electrons. The molecule has 3 aromatic rings. The first-order chi connectivity index (χ1) is 14.6. The van der Waals surface area contributed by atoms with Gasteiger partial charge in [0.05, 0.1) is 6.20 Å². The number of halogens is 1. The number of hydrogen-bond donors (Lipinski definition) is 4. The van der Waals surface area contributed by atoms with Gasteiger partial charge in [0.1, 0.15) is 17.3 Å². The quantitative estimate of drug-likeness (QED) is 0.327. The molecule has 2 aromatic heterocycles. The number of fused-ring (bicyclic) bond motifs is 1. The number of urea groups is 1. The third-order valence-corrected chi connectivity index (χ3v) is 5.64. The van der Waals surface area contributed by atoms with Crippen LogP contribution in [-0.2, 0) is 11.3 Å². The van der Waals surface area contributed by atoms with Crippen molar-refractivity contribution in [2.45, 2.75) is 25.4 Å². The summed E-state index contributed by atoms with van der Waals surface area (Å²) in [7, 11) is 0. The van der Waals surface area contributed by atoms with Crippen LogP contribution in [0.25, 0.3) is 11.7 Å². The van der Waals surface area contributed by atoms with Crippen molar-refractivity contribution in [2.75, 3.05) is 10.6 Å². The topological polar surface area (TPSA) is 112 Å². The van der Waals surface area contributed by atoms with E-state index in [0.717, 1.165) is 28.7 Å². The summed E-state index contributed by atoms with van der Waals surface area (Å²) >= 11 is 3.56. The average molecular weight is 468 g/mol. The predicted molar refractivity (Wildman–Crippen MR) is 116 cm³/mol. The van der Waals surface area contributed by atoms with Crippen LogP contribution in [0.2, 0.25) is 0 Å². The molecule has 4 N–H and O–H groups in total. The zero-order valence-corrected chi connectivity index (χ0v) is 17.4. The lowest BCUT2D eigenvalue weighted by molar-refractivity contribution is -0.115. The standard InChI is InChI=1S/C20H18BrN7O2/c21-14-4-2-1-3-11(14)9-22-16-8-17(24-13-5-6-13)28-18(26-16)12(10-23-28)7-15-19(29)27-20(30)25-15/h1-4,7-8,10,13,24H,5-6,9H2,(H,22,26)(H2,25,27,29,30)/b15-7+. The highest BCUT2D eigenvalue weighted by molar-refractivity contribution is 9.10. The molecule has 1 saturated heterocycles. The zero-order chi connectivity index (χ0) is 20.7. The monoisotopic (exact) mass is 467 g/mol. The number of imide groups is 1. The fourth-order valence-corrected chi connectivity index (χ4v) is 3.60. The zero-order valence-electron chi connectivity index (χ0n) is 15.8. The molecule has 1 aromatic carbocycles. The van der Waals surface area contributed by atoms with E-state index in [9.17, 15) is 9.59 Å². The van der Waals surface area contributed by atoms with Crippen LogP contribution in [0.4, 0.5) is 16.4 Å². The van der Waals surface area contributed by atoms with E-state index in [-0.39, 0.29) is 5.70 Å². The van der Waals surface area contributed by atoms with Crippen LogP contribution in [0.1, 0.15) is 24.0 Å². The number of rotatable bonds is 6. The molecule has 30 heavy (non-hydrogen) atoms. The molecule has 2 aliphatic rings. The van der Waals surface area contributed by atoms with Gasteiger partial charge in [-0.05, 0) is 30.5 Å². The van der Waals surface area contributed by atoms with Crippen molar-refractivity contribution in [2.24, 2.45) is 0 Å². The summed E-state index contributed by atoms with van der Waals surface area (Å²) in [5, 5.41) is 15.9. The summed E-state index contributed by atoms with van der Waals surface area (Å²) in [6, 6.07) is 9.81. The maximum Gasteiger partial charge on any atom is 0.326 e. The fourth-order valence-electron chi connectivity index (χ4n) is 3.18. The van der Waals surface area contributed by atoms with Gasteiger partial charge in [-0.25, -0.2) is 9.78 Å². The molecule has 1 saturated carbocycles. The Balaban J connectivity index is 1.51. The lowest BCUT2D eigenvalue weighted by Gasteiger charge is -2.12. The molecule has 3 heterocycles. The molecule has 10 heteroatoms. The number of carbonyl (C=O) groups is 2. The molecule has 2 fully saturated rings. The summed E-state index contributed by atoms with van der Waals surface area (Å²) in [6.07, 6.45) is 5.44. The number of anilines is 2. The van der Waals surface area contributed by atoms with Crippen LogP contribution >= 0.6 is 15.9 Å². The van der Waals surface area contributed by atoms with Crippen LogP contribution in [0, 0.1) is 0 Å². The summed E-state index contributed by atoms with van der Waals surface area (Å²) < 4.78 is 2.73. The van der Waals surface area contributed by atoms with Gasteiger partial charge in [-0.15, -0.1) is 0 Å². The molecule has 0 unspecified atom stereocenters. The second kappa shape index (κ2) is 7.45. The molecule has 5 rings (SSSR count). The van der Waals surface area contributed by atoms with Gasteiger partial charge in [-0.3, -0.25) is 10.1 Å². The Morgan fingerprint density at radius 1 is 1.23 bits per heavy atom. The van der Waals surface area contributed by atoms with Crippen molar-refractivity contribution in [3.05, 3.63) is 57.8 Å². The lowest BCUT2D eigenvalue weighted by Crippen LogP contribution is -2.22. The van der Waals surface area contributed by atoms with Gasteiger partial charge in [0, 0.05) is 28.7 Å². The Labute approximate surface area is 180 Å². The van der Waals surface area contributed by atoms with Gasteiger partial charge < -0.3 is 16.0 Å². The Bertz CT molecular complexity index is 1200. The Hall–Kier alpha value is -3.40. The first-order valence-corrected chi connectivity index (χ1v) is 10.3. The number of amides is 3. The van der Waals surface area contributed by atoms with Crippen molar-refractivity contribution >= 4 is 51.2 Å². The molecule has 3 amide bonds. The second-order valence-corrected chi connectivity index (χ2v) is 8.05. The van der Waals surface area contributed by atoms with Gasteiger partial charge >= 0.3 is 6.03 Å². The van der Waals surface area contributed by atoms with Crippen molar-refractivity contribution < 1.29 is 9.59 Å². The van der Waals surface area contributed by atoms with Crippen LogP contribution in [-0.4, -0.2) is 32.6 Å². The average Bonchev–Trinajstić information content (AvgIpc) is 3.36. The summed E-state index contributed by atoms with van der Waals surface area (Å²) in [4.78, 5) is 28.0. The number of carbonyl (C=O) groups excluding carboxylic acids is 2. The second-order valence-electron chi connectivity index (χ2n) is 7.19. The predicted octanol–water partition coefficient (Wildman–Crippen LogP) is 2.86. The minimum atomic E-state index is -0.539. The maximum atomic E-state index is 11.9. The number of hydrogen-bond acceptors (Lipinski definition) is 6. The minimum Gasteiger partial charge on any atom is -0.367 e. The molecular formula is C20H18BrN7O2. The van der Waals surface area contributed by atoms with Gasteiger partial charge in [0.2, 0.25) is 0 Å². The van der Waals surface area contributed by atoms with E-state index in [2.05, 4.69) is 42.3 Å². The molecule has 9 nitrogen and oxygen atoms in total. The van der Waals surface area contributed by atoms with E-state index < -0.39 is 11.9 Å². The molecule has 0 bridgehead atoms. The van der Waals surface area contributed by atoms with Crippen LogP contribution in [0.5, 0.6) is 0 Å². The highest BCUT2D eigenvalue weighted by atomic mass is 79.9.